The monoisotopic (exact) mass is 364 g/mol. The molecule has 1 spiro atoms. The molecule has 3 aliphatic rings. The first-order chi connectivity index (χ1) is 13.2. The number of hydrogen-bond acceptors (Lipinski definition) is 3. The molecule has 0 aromatic heterocycles. The summed E-state index contributed by atoms with van der Waals surface area (Å²) >= 11 is 0. The Balaban J connectivity index is 1.55. The quantitative estimate of drug-likeness (QED) is 0.722. The largest absolute Gasteiger partial charge is 0.463 e. The molecule has 140 valence electrons. The minimum Gasteiger partial charge on any atom is -0.463 e. The molecule has 27 heavy (non-hydrogen) atoms. The van der Waals surface area contributed by atoms with Crippen molar-refractivity contribution in [2.75, 3.05) is 13.2 Å². The van der Waals surface area contributed by atoms with E-state index < -0.39 is 0 Å². The maximum absolute atomic E-state index is 13.5. The van der Waals surface area contributed by atoms with Crippen molar-refractivity contribution < 1.29 is 9.13 Å². The number of amidine groups is 1. The summed E-state index contributed by atoms with van der Waals surface area (Å²) in [5.74, 6) is -0.204. The van der Waals surface area contributed by atoms with E-state index in [0.717, 1.165) is 37.4 Å². The van der Waals surface area contributed by atoms with Crippen LogP contribution in [0.5, 0.6) is 0 Å². The molecule has 1 fully saturated rings. The SMILES string of the molecule is Fc1ccc([C@H]2c3ccccc3CCN2C2=NC3(CCCCC3)CO2)cc1. The van der Waals surface area contributed by atoms with E-state index >= 15 is 0 Å². The Hall–Kier alpha value is -2.36. The number of benzene rings is 2. The number of fused-ring (bicyclic) bond motifs is 1. The highest BCUT2D eigenvalue weighted by atomic mass is 19.1. The third kappa shape index (κ3) is 3.01. The summed E-state index contributed by atoms with van der Waals surface area (Å²) in [5.41, 5.74) is 3.69. The van der Waals surface area contributed by atoms with Crippen molar-refractivity contribution in [3.63, 3.8) is 0 Å². The van der Waals surface area contributed by atoms with Crippen LogP contribution in [0.25, 0.3) is 0 Å². The molecule has 3 nitrogen and oxygen atoms in total. The molecule has 0 saturated heterocycles. The molecule has 0 radical (unpaired) electrons. The summed E-state index contributed by atoms with van der Waals surface area (Å²) in [4.78, 5) is 7.41. The molecular weight excluding hydrogens is 339 g/mol. The fraction of sp³-hybridized carbons (Fsp3) is 0.435. The van der Waals surface area contributed by atoms with Gasteiger partial charge in [0.25, 0.3) is 6.02 Å². The molecule has 0 unspecified atom stereocenters. The maximum atomic E-state index is 13.5. The van der Waals surface area contributed by atoms with Gasteiger partial charge in [-0.2, -0.15) is 0 Å². The van der Waals surface area contributed by atoms with Crippen LogP contribution in [-0.4, -0.2) is 29.6 Å². The minimum atomic E-state index is -0.204. The summed E-state index contributed by atoms with van der Waals surface area (Å²) in [6.07, 6.45) is 7.02. The van der Waals surface area contributed by atoms with Crippen LogP contribution in [-0.2, 0) is 11.2 Å². The Morgan fingerprint density at radius 2 is 1.78 bits per heavy atom. The Bertz CT molecular complexity index is 855. The summed E-state index contributed by atoms with van der Waals surface area (Å²) in [7, 11) is 0. The van der Waals surface area contributed by atoms with Crippen molar-refractivity contribution in [3.05, 3.63) is 71.0 Å². The second-order valence-corrected chi connectivity index (χ2v) is 8.06. The average molecular weight is 364 g/mol. The predicted octanol–water partition coefficient (Wildman–Crippen LogP) is 4.86. The van der Waals surface area contributed by atoms with E-state index in [9.17, 15) is 4.39 Å². The Kier molecular flexibility index (Phi) is 4.14. The van der Waals surface area contributed by atoms with Gasteiger partial charge in [0.05, 0.1) is 6.04 Å². The van der Waals surface area contributed by atoms with Gasteiger partial charge in [0.15, 0.2) is 0 Å². The lowest BCUT2D eigenvalue weighted by Gasteiger charge is -2.38. The van der Waals surface area contributed by atoms with Crippen LogP contribution >= 0.6 is 0 Å². The number of halogens is 1. The van der Waals surface area contributed by atoms with Crippen molar-refractivity contribution in [2.45, 2.75) is 50.1 Å². The standard InChI is InChI=1S/C23H25FN2O/c24-19-10-8-18(9-11-19)21-20-7-3-2-6-17(20)12-15-26(21)22-25-23(16-27-22)13-4-1-5-14-23/h2-3,6-11,21H,1,4-5,12-16H2/t21-/m0/s1. The number of rotatable bonds is 1. The van der Waals surface area contributed by atoms with Gasteiger partial charge in [-0.25, -0.2) is 9.38 Å². The lowest BCUT2D eigenvalue weighted by Crippen LogP contribution is -2.40. The molecule has 2 aromatic rings. The van der Waals surface area contributed by atoms with E-state index in [1.54, 1.807) is 12.1 Å². The topological polar surface area (TPSA) is 24.8 Å². The van der Waals surface area contributed by atoms with Crippen LogP contribution in [0.2, 0.25) is 0 Å². The minimum absolute atomic E-state index is 0.0160. The van der Waals surface area contributed by atoms with Crippen molar-refractivity contribution in [2.24, 2.45) is 4.99 Å². The zero-order valence-electron chi connectivity index (χ0n) is 15.5. The lowest BCUT2D eigenvalue weighted by atomic mass is 9.83. The molecule has 2 aromatic carbocycles. The maximum Gasteiger partial charge on any atom is 0.288 e. The third-order valence-corrected chi connectivity index (χ3v) is 6.30. The molecule has 4 heteroatoms. The van der Waals surface area contributed by atoms with Gasteiger partial charge in [-0.15, -0.1) is 0 Å². The van der Waals surface area contributed by atoms with Gasteiger partial charge >= 0.3 is 0 Å². The molecule has 1 aliphatic carbocycles. The highest BCUT2D eigenvalue weighted by molar-refractivity contribution is 5.78. The van der Waals surface area contributed by atoms with E-state index in [2.05, 4.69) is 29.2 Å². The molecule has 2 aliphatic heterocycles. The fourth-order valence-corrected chi connectivity index (χ4v) is 4.86. The highest BCUT2D eigenvalue weighted by Gasteiger charge is 2.41. The van der Waals surface area contributed by atoms with E-state index in [1.165, 1.54) is 30.4 Å². The first kappa shape index (κ1) is 16.8. The summed E-state index contributed by atoms with van der Waals surface area (Å²) in [6, 6.07) is 16.2. The van der Waals surface area contributed by atoms with E-state index in [4.69, 9.17) is 9.73 Å². The second kappa shape index (κ2) is 6.66. The van der Waals surface area contributed by atoms with Crippen LogP contribution in [0.1, 0.15) is 54.8 Å². The van der Waals surface area contributed by atoms with E-state index in [1.807, 2.05) is 12.1 Å². The van der Waals surface area contributed by atoms with Crippen LogP contribution in [0.3, 0.4) is 0 Å². The number of aliphatic imine (C=N–C) groups is 1. The second-order valence-electron chi connectivity index (χ2n) is 8.06. The zero-order chi connectivity index (χ0) is 18.3. The molecule has 0 amide bonds. The molecular formula is C23H25FN2O. The van der Waals surface area contributed by atoms with Gasteiger partial charge in [0.1, 0.15) is 18.0 Å². The molecule has 1 saturated carbocycles. The van der Waals surface area contributed by atoms with Gasteiger partial charge in [0.2, 0.25) is 0 Å². The Labute approximate surface area is 159 Å². The molecule has 2 heterocycles. The van der Waals surface area contributed by atoms with Crippen molar-refractivity contribution in [1.82, 2.24) is 4.90 Å². The normalized spacial score (nSPS) is 23.7. The Morgan fingerprint density at radius 1 is 1.00 bits per heavy atom. The average Bonchev–Trinajstić information content (AvgIpc) is 3.11. The van der Waals surface area contributed by atoms with Crippen molar-refractivity contribution >= 4 is 6.02 Å². The molecule has 0 bridgehead atoms. The Morgan fingerprint density at radius 3 is 2.59 bits per heavy atom. The third-order valence-electron chi connectivity index (χ3n) is 6.30. The predicted molar refractivity (Wildman–Crippen MR) is 104 cm³/mol. The van der Waals surface area contributed by atoms with Crippen LogP contribution in [0.15, 0.2) is 53.5 Å². The smallest absolute Gasteiger partial charge is 0.288 e. The number of nitrogens with zero attached hydrogens (tertiary/aromatic N) is 2. The van der Waals surface area contributed by atoms with E-state index in [0.29, 0.717) is 6.61 Å². The summed E-state index contributed by atoms with van der Waals surface area (Å²) in [5, 5.41) is 0. The van der Waals surface area contributed by atoms with Gasteiger partial charge in [-0.05, 0) is 48.1 Å². The summed E-state index contributed by atoms with van der Waals surface area (Å²) in [6.45, 7) is 1.57. The van der Waals surface area contributed by atoms with Crippen molar-refractivity contribution in [1.29, 1.82) is 0 Å². The van der Waals surface area contributed by atoms with Crippen molar-refractivity contribution in [3.8, 4) is 0 Å². The molecule has 5 rings (SSSR count). The van der Waals surface area contributed by atoms with Gasteiger partial charge < -0.3 is 9.64 Å². The van der Waals surface area contributed by atoms with Crippen LogP contribution < -0.4 is 0 Å². The zero-order valence-corrected chi connectivity index (χ0v) is 15.5. The molecule has 1 atom stereocenters. The number of ether oxygens (including phenoxy) is 1. The fourth-order valence-electron chi connectivity index (χ4n) is 4.86. The lowest BCUT2D eigenvalue weighted by molar-refractivity contribution is 0.179. The van der Waals surface area contributed by atoms with Crippen LogP contribution in [0, 0.1) is 5.82 Å². The first-order valence-electron chi connectivity index (χ1n) is 10.1. The van der Waals surface area contributed by atoms with Crippen LogP contribution in [0.4, 0.5) is 4.39 Å². The highest BCUT2D eigenvalue weighted by Crippen LogP contribution is 2.40. The van der Waals surface area contributed by atoms with Gasteiger partial charge in [-0.1, -0.05) is 55.7 Å². The first-order valence-corrected chi connectivity index (χ1v) is 10.1. The van der Waals surface area contributed by atoms with Gasteiger partial charge in [0, 0.05) is 6.54 Å². The summed E-state index contributed by atoms with van der Waals surface area (Å²) < 4.78 is 19.7. The van der Waals surface area contributed by atoms with Gasteiger partial charge in [-0.3, -0.25) is 0 Å². The molecule has 0 N–H and O–H groups in total. The number of hydrogen-bond donors (Lipinski definition) is 0. The van der Waals surface area contributed by atoms with E-state index in [-0.39, 0.29) is 17.4 Å².